The highest BCUT2D eigenvalue weighted by molar-refractivity contribution is 5.80. The van der Waals surface area contributed by atoms with Gasteiger partial charge in [0.15, 0.2) is 11.5 Å². The van der Waals surface area contributed by atoms with Crippen LogP contribution in [0.1, 0.15) is 6.42 Å². The Morgan fingerprint density at radius 2 is 1.96 bits per heavy atom. The Kier molecular flexibility index (Phi) is 5.91. The maximum atomic E-state index is 14.4. The van der Waals surface area contributed by atoms with E-state index in [4.69, 9.17) is 9.84 Å². The van der Waals surface area contributed by atoms with Gasteiger partial charge >= 0.3 is 0 Å². The van der Waals surface area contributed by atoms with Gasteiger partial charge < -0.3 is 24.6 Å². The summed E-state index contributed by atoms with van der Waals surface area (Å²) in [5.74, 6) is -1.09. The maximum absolute atomic E-state index is 14.4. The van der Waals surface area contributed by atoms with Crippen LogP contribution in [-0.4, -0.2) is 44.7 Å². The third-order valence-electron chi connectivity index (χ3n) is 4.39. The van der Waals surface area contributed by atoms with E-state index in [-0.39, 0.29) is 35.7 Å². The number of hydrogen-bond acceptors (Lipinski definition) is 5. The van der Waals surface area contributed by atoms with E-state index < -0.39 is 24.3 Å². The van der Waals surface area contributed by atoms with Crippen molar-refractivity contribution in [1.82, 2.24) is 9.55 Å². The second-order valence-electron chi connectivity index (χ2n) is 6.27. The molecular weight excluding hydrogens is 370 g/mol. The summed E-state index contributed by atoms with van der Waals surface area (Å²) in [6, 6.07) is 7.75. The Bertz CT molecular complexity index is 975. The van der Waals surface area contributed by atoms with E-state index in [2.05, 4.69) is 4.98 Å². The molecule has 6 nitrogen and oxygen atoms in total. The van der Waals surface area contributed by atoms with Crippen LogP contribution in [0.25, 0.3) is 22.5 Å². The van der Waals surface area contributed by atoms with Crippen LogP contribution in [0, 0.1) is 11.6 Å². The van der Waals surface area contributed by atoms with Gasteiger partial charge in [-0.05, 0) is 42.8 Å². The number of rotatable bonds is 7. The van der Waals surface area contributed by atoms with Crippen LogP contribution in [0.5, 0.6) is 11.5 Å². The number of aryl methyl sites for hydroxylation is 1. The molecule has 0 spiro atoms. The molecule has 0 saturated heterocycles. The van der Waals surface area contributed by atoms with Gasteiger partial charge in [0, 0.05) is 17.7 Å². The number of imidazole rings is 1. The summed E-state index contributed by atoms with van der Waals surface area (Å²) in [7, 11) is 1.42. The van der Waals surface area contributed by atoms with E-state index in [9.17, 15) is 19.0 Å². The molecule has 3 rings (SSSR count). The van der Waals surface area contributed by atoms with Gasteiger partial charge in [-0.1, -0.05) is 0 Å². The first-order valence-corrected chi connectivity index (χ1v) is 8.61. The Morgan fingerprint density at radius 3 is 2.64 bits per heavy atom. The molecule has 2 aromatic carbocycles. The third-order valence-corrected chi connectivity index (χ3v) is 4.39. The second-order valence-corrected chi connectivity index (χ2v) is 6.27. The zero-order valence-corrected chi connectivity index (χ0v) is 15.1. The van der Waals surface area contributed by atoms with E-state index >= 15 is 0 Å². The monoisotopic (exact) mass is 390 g/mol. The number of aliphatic hydroxyl groups excluding tert-OH is 2. The minimum Gasteiger partial charge on any atom is -0.504 e. The van der Waals surface area contributed by atoms with E-state index in [1.54, 1.807) is 16.7 Å². The lowest BCUT2D eigenvalue weighted by Gasteiger charge is -2.14. The Morgan fingerprint density at radius 1 is 1.18 bits per heavy atom. The van der Waals surface area contributed by atoms with Crippen molar-refractivity contribution in [3.05, 3.63) is 54.4 Å². The quantitative estimate of drug-likeness (QED) is 0.577. The molecule has 3 N–H and O–H groups in total. The first-order chi connectivity index (χ1) is 13.4. The average molecular weight is 390 g/mol. The van der Waals surface area contributed by atoms with Crippen LogP contribution in [-0.2, 0) is 6.54 Å². The van der Waals surface area contributed by atoms with Crippen LogP contribution in [0.3, 0.4) is 0 Å². The number of nitrogens with zero attached hydrogens (tertiary/aromatic N) is 2. The molecule has 1 unspecified atom stereocenters. The Hall–Kier alpha value is -2.97. The molecule has 28 heavy (non-hydrogen) atoms. The minimum absolute atomic E-state index is 0.0215. The Labute approximate surface area is 160 Å². The third kappa shape index (κ3) is 3.97. The highest BCUT2D eigenvalue weighted by atomic mass is 19.1. The molecule has 1 aromatic heterocycles. The summed E-state index contributed by atoms with van der Waals surface area (Å²) in [5, 5.41) is 28.8. The van der Waals surface area contributed by atoms with Crippen molar-refractivity contribution >= 4 is 0 Å². The van der Waals surface area contributed by atoms with E-state index in [1.807, 2.05) is 0 Å². The van der Waals surface area contributed by atoms with Gasteiger partial charge in [-0.15, -0.1) is 0 Å². The molecule has 1 heterocycles. The second kappa shape index (κ2) is 8.37. The van der Waals surface area contributed by atoms with Crippen molar-refractivity contribution in [2.24, 2.45) is 0 Å². The van der Waals surface area contributed by atoms with Crippen molar-refractivity contribution in [1.29, 1.82) is 0 Å². The smallest absolute Gasteiger partial charge is 0.160 e. The molecule has 0 saturated carbocycles. The summed E-state index contributed by atoms with van der Waals surface area (Å²) >= 11 is 0. The molecular formula is C20H20F2N2O4. The number of aromatic hydroxyl groups is 1. The van der Waals surface area contributed by atoms with E-state index in [1.165, 1.54) is 19.5 Å². The van der Waals surface area contributed by atoms with Crippen LogP contribution < -0.4 is 4.74 Å². The molecule has 1 atom stereocenters. The van der Waals surface area contributed by atoms with E-state index in [0.29, 0.717) is 11.3 Å². The molecule has 0 bridgehead atoms. The van der Waals surface area contributed by atoms with Crippen molar-refractivity contribution in [3.8, 4) is 34.0 Å². The van der Waals surface area contributed by atoms with Gasteiger partial charge in [0.05, 0.1) is 37.5 Å². The standard InChI is InChI=1S/C20H20F2N2O4/c1-28-18-5-2-12(8-17(18)27)20-19(15-9-13(21)3-4-16(15)22)23-11-24(20)7-6-14(26)10-25/h2-5,8-9,11,14,25-27H,6-7,10H2,1H3. The number of phenols is 1. The first kappa shape index (κ1) is 19.8. The lowest BCUT2D eigenvalue weighted by Crippen LogP contribution is -2.15. The Balaban J connectivity index is 2.14. The molecule has 3 aromatic rings. The molecule has 0 radical (unpaired) electrons. The predicted molar refractivity (Wildman–Crippen MR) is 98.9 cm³/mol. The SMILES string of the molecule is COc1ccc(-c2c(-c3cc(F)ccc3F)ncn2CCC(O)CO)cc1O. The number of halogens is 2. The summed E-state index contributed by atoms with van der Waals surface area (Å²) in [6.45, 7) is -0.119. The van der Waals surface area contributed by atoms with Crippen molar-refractivity contribution in [3.63, 3.8) is 0 Å². The van der Waals surface area contributed by atoms with Crippen LogP contribution in [0.15, 0.2) is 42.7 Å². The highest BCUT2D eigenvalue weighted by Crippen LogP contribution is 2.37. The summed E-state index contributed by atoms with van der Waals surface area (Å²) in [5.41, 5.74) is 1.12. The van der Waals surface area contributed by atoms with Crippen molar-refractivity contribution in [2.45, 2.75) is 19.1 Å². The minimum atomic E-state index is -0.922. The summed E-state index contributed by atoms with van der Waals surface area (Å²) in [4.78, 5) is 4.24. The van der Waals surface area contributed by atoms with Gasteiger partial charge in [0.1, 0.15) is 11.6 Å². The lowest BCUT2D eigenvalue weighted by atomic mass is 10.0. The number of aliphatic hydroxyl groups is 2. The van der Waals surface area contributed by atoms with Gasteiger partial charge in [0.25, 0.3) is 0 Å². The molecule has 8 heteroatoms. The lowest BCUT2D eigenvalue weighted by molar-refractivity contribution is 0.0847. The predicted octanol–water partition coefficient (Wildman–Crippen LogP) is 2.95. The number of benzene rings is 2. The largest absolute Gasteiger partial charge is 0.504 e. The van der Waals surface area contributed by atoms with Gasteiger partial charge in [-0.25, -0.2) is 13.8 Å². The normalized spacial score (nSPS) is 12.2. The van der Waals surface area contributed by atoms with E-state index in [0.717, 1.165) is 18.2 Å². The number of aromatic nitrogens is 2. The zero-order valence-electron chi connectivity index (χ0n) is 15.1. The summed E-state index contributed by atoms with van der Waals surface area (Å²) in [6.07, 6.45) is 0.752. The fraction of sp³-hybridized carbons (Fsp3) is 0.250. The number of phenolic OH excluding ortho intramolecular Hbond substituents is 1. The molecule has 0 fully saturated rings. The number of ether oxygens (including phenoxy) is 1. The topological polar surface area (TPSA) is 87.7 Å². The summed E-state index contributed by atoms with van der Waals surface area (Å²) < 4.78 is 34.8. The van der Waals surface area contributed by atoms with Crippen LogP contribution in [0.4, 0.5) is 8.78 Å². The molecule has 0 aliphatic carbocycles. The van der Waals surface area contributed by atoms with Crippen LogP contribution >= 0.6 is 0 Å². The van der Waals surface area contributed by atoms with Crippen LogP contribution in [0.2, 0.25) is 0 Å². The maximum Gasteiger partial charge on any atom is 0.160 e. The number of methoxy groups -OCH3 is 1. The van der Waals surface area contributed by atoms with Gasteiger partial charge in [0.2, 0.25) is 0 Å². The average Bonchev–Trinajstić information content (AvgIpc) is 3.11. The fourth-order valence-corrected chi connectivity index (χ4v) is 2.95. The number of hydrogen-bond donors (Lipinski definition) is 3. The first-order valence-electron chi connectivity index (χ1n) is 8.61. The van der Waals surface area contributed by atoms with Gasteiger partial charge in [-0.2, -0.15) is 0 Å². The molecule has 148 valence electrons. The van der Waals surface area contributed by atoms with Crippen molar-refractivity contribution < 1.29 is 28.8 Å². The molecule has 0 amide bonds. The highest BCUT2D eigenvalue weighted by Gasteiger charge is 2.20. The fourth-order valence-electron chi connectivity index (χ4n) is 2.95. The zero-order chi connectivity index (χ0) is 20.3. The van der Waals surface area contributed by atoms with Crippen molar-refractivity contribution in [2.75, 3.05) is 13.7 Å². The molecule has 0 aliphatic rings. The molecule has 0 aliphatic heterocycles. The van der Waals surface area contributed by atoms with Gasteiger partial charge in [-0.3, -0.25) is 0 Å².